The fourth-order valence-electron chi connectivity index (χ4n) is 3.11. The van der Waals surface area contributed by atoms with Crippen LogP contribution in [0.1, 0.15) is 35.7 Å². The molecule has 7 heteroatoms. The Balaban J connectivity index is 1.78. The molecule has 1 aromatic heterocycles. The van der Waals surface area contributed by atoms with Crippen molar-refractivity contribution in [2.75, 3.05) is 13.2 Å². The van der Waals surface area contributed by atoms with Crippen molar-refractivity contribution < 1.29 is 24.2 Å². The molecule has 1 amide bonds. The van der Waals surface area contributed by atoms with Gasteiger partial charge in [0, 0.05) is 30.1 Å². The Morgan fingerprint density at radius 3 is 2.81 bits per heavy atom. The van der Waals surface area contributed by atoms with Crippen LogP contribution in [0.15, 0.2) is 42.7 Å². The van der Waals surface area contributed by atoms with Gasteiger partial charge >= 0.3 is 5.97 Å². The van der Waals surface area contributed by atoms with Crippen molar-refractivity contribution in [3.63, 3.8) is 0 Å². The van der Waals surface area contributed by atoms with Crippen LogP contribution < -0.4 is 9.47 Å². The highest BCUT2D eigenvalue weighted by atomic mass is 16.5. The van der Waals surface area contributed by atoms with E-state index in [0.29, 0.717) is 49.7 Å². The number of hydrogen-bond acceptors (Lipinski definition) is 5. The lowest BCUT2D eigenvalue weighted by molar-refractivity contribution is -0.141. The number of likely N-dealkylation sites (tertiary alicyclic amines) is 1. The number of rotatable bonds is 7. The number of aliphatic carboxylic acids is 1. The van der Waals surface area contributed by atoms with Gasteiger partial charge in [0.2, 0.25) is 0 Å². The van der Waals surface area contributed by atoms with Gasteiger partial charge in [-0.2, -0.15) is 0 Å². The molecular formula is C20H22N2O5. The van der Waals surface area contributed by atoms with Crippen LogP contribution in [0.3, 0.4) is 0 Å². The largest absolute Gasteiger partial charge is 0.490 e. The Morgan fingerprint density at radius 2 is 2.11 bits per heavy atom. The van der Waals surface area contributed by atoms with Crippen LogP contribution in [-0.2, 0) is 11.4 Å². The van der Waals surface area contributed by atoms with Crippen LogP contribution in [0.25, 0.3) is 0 Å². The van der Waals surface area contributed by atoms with Gasteiger partial charge in [0.25, 0.3) is 5.91 Å². The summed E-state index contributed by atoms with van der Waals surface area (Å²) in [6, 6.07) is 7.90. The van der Waals surface area contributed by atoms with Crippen molar-refractivity contribution in [1.29, 1.82) is 0 Å². The van der Waals surface area contributed by atoms with Crippen molar-refractivity contribution in [2.24, 2.45) is 0 Å². The first kappa shape index (κ1) is 18.7. The SMILES string of the molecule is CCOc1cc(C(=O)N2CCC[C@@H]2C(=O)O)ccc1OCc1cccnc1. The highest BCUT2D eigenvalue weighted by molar-refractivity contribution is 5.97. The molecule has 0 aliphatic carbocycles. The molecule has 142 valence electrons. The lowest BCUT2D eigenvalue weighted by atomic mass is 10.1. The maximum atomic E-state index is 12.8. The summed E-state index contributed by atoms with van der Waals surface area (Å²) in [7, 11) is 0. The summed E-state index contributed by atoms with van der Waals surface area (Å²) in [4.78, 5) is 29.6. The topological polar surface area (TPSA) is 89.0 Å². The Hall–Kier alpha value is -3.09. The monoisotopic (exact) mass is 370 g/mol. The first-order chi connectivity index (χ1) is 13.1. The zero-order chi connectivity index (χ0) is 19.2. The minimum Gasteiger partial charge on any atom is -0.490 e. The molecule has 2 heterocycles. The second-order valence-corrected chi connectivity index (χ2v) is 6.24. The van der Waals surface area contributed by atoms with Crippen molar-refractivity contribution >= 4 is 11.9 Å². The summed E-state index contributed by atoms with van der Waals surface area (Å²) < 4.78 is 11.4. The molecule has 27 heavy (non-hydrogen) atoms. The minimum absolute atomic E-state index is 0.306. The number of carbonyl (C=O) groups excluding carboxylic acids is 1. The second kappa shape index (κ2) is 8.53. The van der Waals surface area contributed by atoms with Crippen LogP contribution in [0.2, 0.25) is 0 Å². The van der Waals surface area contributed by atoms with Gasteiger partial charge in [-0.05, 0) is 44.0 Å². The van der Waals surface area contributed by atoms with E-state index in [4.69, 9.17) is 9.47 Å². The van der Waals surface area contributed by atoms with Crippen molar-refractivity contribution in [3.8, 4) is 11.5 Å². The number of carbonyl (C=O) groups is 2. The van der Waals surface area contributed by atoms with Gasteiger partial charge in [0.15, 0.2) is 11.5 Å². The third-order valence-corrected chi connectivity index (χ3v) is 4.41. The van der Waals surface area contributed by atoms with E-state index in [-0.39, 0.29) is 5.91 Å². The maximum Gasteiger partial charge on any atom is 0.326 e. The molecule has 1 fully saturated rings. The van der Waals surface area contributed by atoms with Gasteiger partial charge in [0.05, 0.1) is 6.61 Å². The van der Waals surface area contributed by atoms with Crippen molar-refractivity contribution in [3.05, 3.63) is 53.9 Å². The van der Waals surface area contributed by atoms with E-state index in [1.54, 1.807) is 30.6 Å². The van der Waals surface area contributed by atoms with E-state index in [0.717, 1.165) is 5.56 Å². The van der Waals surface area contributed by atoms with E-state index in [2.05, 4.69) is 4.98 Å². The summed E-state index contributed by atoms with van der Waals surface area (Å²) >= 11 is 0. The standard InChI is InChI=1S/C20H22N2O5/c1-2-26-18-11-15(19(23)22-10-4-6-16(22)20(24)25)7-8-17(18)27-13-14-5-3-9-21-12-14/h3,5,7-9,11-12,16H,2,4,6,10,13H2,1H3,(H,24,25)/t16-/m1/s1. The maximum absolute atomic E-state index is 12.8. The molecule has 0 spiro atoms. The Bertz CT molecular complexity index is 809. The summed E-state index contributed by atoms with van der Waals surface area (Å²) in [5.41, 5.74) is 1.31. The minimum atomic E-state index is -0.970. The zero-order valence-electron chi connectivity index (χ0n) is 15.1. The molecule has 1 aliphatic heterocycles. The number of hydrogen-bond donors (Lipinski definition) is 1. The number of ether oxygens (including phenoxy) is 2. The molecule has 7 nitrogen and oxygen atoms in total. The molecule has 0 saturated carbocycles. The van der Waals surface area contributed by atoms with Gasteiger partial charge in [-0.25, -0.2) is 4.79 Å². The number of carboxylic acid groups (broad SMARTS) is 1. The normalized spacial score (nSPS) is 16.2. The summed E-state index contributed by atoms with van der Waals surface area (Å²) in [6.45, 7) is 3.04. The first-order valence-corrected chi connectivity index (χ1v) is 8.92. The third-order valence-electron chi connectivity index (χ3n) is 4.41. The van der Waals surface area contributed by atoms with Crippen LogP contribution >= 0.6 is 0 Å². The van der Waals surface area contributed by atoms with E-state index in [1.807, 2.05) is 19.1 Å². The molecule has 1 atom stereocenters. The summed E-state index contributed by atoms with van der Waals surface area (Å²) in [5, 5.41) is 9.30. The molecule has 1 saturated heterocycles. The lowest BCUT2D eigenvalue weighted by Gasteiger charge is -2.22. The van der Waals surface area contributed by atoms with Gasteiger partial charge in [-0.3, -0.25) is 9.78 Å². The van der Waals surface area contributed by atoms with Gasteiger partial charge in [-0.15, -0.1) is 0 Å². The highest BCUT2D eigenvalue weighted by Gasteiger charge is 2.34. The first-order valence-electron chi connectivity index (χ1n) is 8.92. The quantitative estimate of drug-likeness (QED) is 0.806. The smallest absolute Gasteiger partial charge is 0.326 e. The predicted octanol–water partition coefficient (Wildman–Crippen LogP) is 2.75. The van der Waals surface area contributed by atoms with E-state index in [1.165, 1.54) is 4.90 Å². The average Bonchev–Trinajstić information content (AvgIpc) is 3.17. The predicted molar refractivity (Wildman–Crippen MR) is 97.9 cm³/mol. The molecule has 3 rings (SSSR count). The van der Waals surface area contributed by atoms with Crippen LogP contribution in [0.5, 0.6) is 11.5 Å². The van der Waals surface area contributed by atoms with E-state index < -0.39 is 12.0 Å². The Kier molecular flexibility index (Phi) is 5.90. The molecule has 1 N–H and O–H groups in total. The Morgan fingerprint density at radius 1 is 1.26 bits per heavy atom. The number of pyridine rings is 1. The highest BCUT2D eigenvalue weighted by Crippen LogP contribution is 2.31. The van der Waals surface area contributed by atoms with Gasteiger partial charge < -0.3 is 19.5 Å². The zero-order valence-corrected chi connectivity index (χ0v) is 15.1. The number of carboxylic acids is 1. The third kappa shape index (κ3) is 4.36. The summed E-state index contributed by atoms with van der Waals surface area (Å²) in [6.07, 6.45) is 4.58. The van der Waals surface area contributed by atoms with E-state index in [9.17, 15) is 14.7 Å². The number of nitrogens with zero attached hydrogens (tertiary/aromatic N) is 2. The van der Waals surface area contributed by atoms with Crippen LogP contribution in [-0.4, -0.2) is 46.1 Å². The van der Waals surface area contributed by atoms with Crippen molar-refractivity contribution in [2.45, 2.75) is 32.4 Å². The molecule has 0 bridgehead atoms. The molecule has 2 aromatic rings. The van der Waals surface area contributed by atoms with Gasteiger partial charge in [-0.1, -0.05) is 6.07 Å². The number of aromatic nitrogens is 1. The van der Waals surface area contributed by atoms with E-state index >= 15 is 0 Å². The lowest BCUT2D eigenvalue weighted by Crippen LogP contribution is -2.40. The molecule has 0 unspecified atom stereocenters. The average molecular weight is 370 g/mol. The second-order valence-electron chi connectivity index (χ2n) is 6.24. The molecule has 1 aromatic carbocycles. The Labute approximate surface area is 157 Å². The van der Waals surface area contributed by atoms with Crippen LogP contribution in [0.4, 0.5) is 0 Å². The number of benzene rings is 1. The van der Waals surface area contributed by atoms with Crippen LogP contribution in [0, 0.1) is 0 Å². The van der Waals surface area contributed by atoms with Crippen molar-refractivity contribution in [1.82, 2.24) is 9.88 Å². The molecular weight excluding hydrogens is 348 g/mol. The van der Waals surface area contributed by atoms with Gasteiger partial charge in [0.1, 0.15) is 12.6 Å². The number of amides is 1. The summed E-state index contributed by atoms with van der Waals surface area (Å²) in [5.74, 6) is -0.297. The fraction of sp³-hybridized carbons (Fsp3) is 0.350. The fourth-order valence-corrected chi connectivity index (χ4v) is 3.11. The molecule has 0 radical (unpaired) electrons. The molecule has 1 aliphatic rings.